The summed E-state index contributed by atoms with van der Waals surface area (Å²) in [6, 6.07) is 5.53. The molecule has 0 saturated carbocycles. The molecule has 0 spiro atoms. The molecule has 18 heavy (non-hydrogen) atoms. The third-order valence-electron chi connectivity index (χ3n) is 3.69. The fourth-order valence-corrected chi connectivity index (χ4v) is 1.74. The summed E-state index contributed by atoms with van der Waals surface area (Å²) in [6.07, 6.45) is 0. The second-order valence-corrected chi connectivity index (χ2v) is 5.13. The number of ether oxygens (including phenoxy) is 2. The fraction of sp³-hybridized carbons (Fsp3) is 0.571. The minimum atomic E-state index is -0.181. The molecule has 0 aliphatic carbocycles. The lowest BCUT2D eigenvalue weighted by Crippen LogP contribution is -2.47. The van der Waals surface area contributed by atoms with Crippen LogP contribution in [-0.4, -0.2) is 38.8 Å². The fourth-order valence-electron chi connectivity index (χ4n) is 1.74. The first kappa shape index (κ1) is 14.8. The number of benzene rings is 1. The van der Waals surface area contributed by atoms with Gasteiger partial charge in [0, 0.05) is 11.1 Å². The summed E-state index contributed by atoms with van der Waals surface area (Å²) in [7, 11) is 7.34. The molecule has 0 saturated heterocycles. The Morgan fingerprint density at radius 1 is 1.17 bits per heavy atom. The maximum atomic E-state index is 6.40. The molecule has 1 aromatic carbocycles. The van der Waals surface area contributed by atoms with E-state index >= 15 is 0 Å². The molecule has 1 aromatic rings. The zero-order valence-corrected chi connectivity index (χ0v) is 12.2. The summed E-state index contributed by atoms with van der Waals surface area (Å²) in [5, 5.41) is 0. The summed E-state index contributed by atoms with van der Waals surface area (Å²) in [4.78, 5) is 2.11. The number of methoxy groups -OCH3 is 2. The number of nitrogens with two attached hydrogens (primary N) is 1. The summed E-state index contributed by atoms with van der Waals surface area (Å²) in [5.41, 5.74) is 7.17. The highest BCUT2D eigenvalue weighted by Gasteiger charge is 2.32. The van der Waals surface area contributed by atoms with Gasteiger partial charge in [-0.05, 0) is 46.1 Å². The second-order valence-electron chi connectivity index (χ2n) is 5.13. The highest BCUT2D eigenvalue weighted by Crippen LogP contribution is 2.35. The van der Waals surface area contributed by atoms with Crippen molar-refractivity contribution >= 4 is 0 Å². The lowest BCUT2D eigenvalue weighted by molar-refractivity contribution is 0.157. The molecule has 2 N–H and O–H groups in total. The van der Waals surface area contributed by atoms with Crippen LogP contribution in [0.5, 0.6) is 11.5 Å². The molecule has 0 amide bonds. The van der Waals surface area contributed by atoms with Crippen LogP contribution in [0.3, 0.4) is 0 Å². The first-order valence-electron chi connectivity index (χ1n) is 5.99. The maximum absolute atomic E-state index is 6.40. The third kappa shape index (κ3) is 2.76. The van der Waals surface area contributed by atoms with Gasteiger partial charge in [-0.1, -0.05) is 0 Å². The Labute approximate surface area is 110 Å². The maximum Gasteiger partial charge on any atom is 0.123 e. The molecule has 0 fully saturated rings. The van der Waals surface area contributed by atoms with Crippen molar-refractivity contribution in [3.05, 3.63) is 23.8 Å². The van der Waals surface area contributed by atoms with Crippen molar-refractivity contribution in [1.29, 1.82) is 0 Å². The quantitative estimate of drug-likeness (QED) is 0.871. The molecule has 0 aliphatic rings. The molecule has 1 rings (SSSR count). The van der Waals surface area contributed by atoms with Gasteiger partial charge >= 0.3 is 0 Å². The van der Waals surface area contributed by atoms with Crippen LogP contribution in [-0.2, 0) is 0 Å². The lowest BCUT2D eigenvalue weighted by atomic mass is 9.87. The van der Waals surface area contributed by atoms with Gasteiger partial charge in [0.05, 0.1) is 20.3 Å². The zero-order chi connectivity index (χ0) is 13.9. The number of likely N-dealkylation sites (N-methyl/N-ethyl adjacent to an activating group) is 1. The van der Waals surface area contributed by atoms with Crippen molar-refractivity contribution in [2.75, 3.05) is 28.3 Å². The van der Waals surface area contributed by atoms with E-state index in [4.69, 9.17) is 15.2 Å². The average Bonchev–Trinajstić information content (AvgIpc) is 2.36. The molecule has 4 nitrogen and oxygen atoms in total. The number of rotatable bonds is 5. The zero-order valence-electron chi connectivity index (χ0n) is 12.2. The predicted octanol–water partition coefficient (Wildman–Crippen LogP) is 2.04. The summed E-state index contributed by atoms with van der Waals surface area (Å²) in [5.74, 6) is 1.58. The molecule has 102 valence electrons. The largest absolute Gasteiger partial charge is 0.497 e. The topological polar surface area (TPSA) is 47.7 Å². The van der Waals surface area contributed by atoms with E-state index in [2.05, 4.69) is 18.7 Å². The van der Waals surface area contributed by atoms with Crippen LogP contribution in [0.25, 0.3) is 0 Å². The predicted molar refractivity (Wildman–Crippen MR) is 74.2 cm³/mol. The Balaban J connectivity index is 3.21. The van der Waals surface area contributed by atoms with Gasteiger partial charge in [0.2, 0.25) is 0 Å². The highest BCUT2D eigenvalue weighted by molar-refractivity contribution is 5.43. The molecule has 1 atom stereocenters. The minimum Gasteiger partial charge on any atom is -0.497 e. The van der Waals surface area contributed by atoms with Crippen molar-refractivity contribution in [2.24, 2.45) is 5.73 Å². The van der Waals surface area contributed by atoms with Gasteiger partial charge < -0.3 is 20.1 Å². The first-order chi connectivity index (χ1) is 8.34. The normalized spacial score (nSPS) is 13.6. The van der Waals surface area contributed by atoms with Crippen molar-refractivity contribution < 1.29 is 9.47 Å². The van der Waals surface area contributed by atoms with Gasteiger partial charge in [-0.15, -0.1) is 0 Å². The van der Waals surface area contributed by atoms with Gasteiger partial charge in [-0.25, -0.2) is 0 Å². The van der Waals surface area contributed by atoms with Gasteiger partial charge in [0.15, 0.2) is 0 Å². The molecule has 4 heteroatoms. The van der Waals surface area contributed by atoms with E-state index in [-0.39, 0.29) is 11.6 Å². The van der Waals surface area contributed by atoms with Gasteiger partial charge in [0.1, 0.15) is 11.5 Å². The van der Waals surface area contributed by atoms with Crippen LogP contribution in [0, 0.1) is 0 Å². The van der Waals surface area contributed by atoms with Crippen molar-refractivity contribution in [3.8, 4) is 11.5 Å². The summed E-state index contributed by atoms with van der Waals surface area (Å²) >= 11 is 0. The van der Waals surface area contributed by atoms with E-state index in [0.717, 1.165) is 17.1 Å². The molecule has 0 aliphatic heterocycles. The minimum absolute atomic E-state index is 0.169. The average molecular weight is 252 g/mol. The molecule has 0 radical (unpaired) electrons. The molecular weight excluding hydrogens is 228 g/mol. The van der Waals surface area contributed by atoms with Gasteiger partial charge in [-0.2, -0.15) is 0 Å². The Kier molecular flexibility index (Phi) is 4.59. The molecule has 0 bridgehead atoms. The number of hydrogen-bond acceptors (Lipinski definition) is 4. The standard InChI is InChI=1S/C14H24N2O2/c1-14(2,16(3)4)13(15)11-9-10(17-5)7-8-12(11)18-6/h7-9,13H,15H2,1-6H3. The second kappa shape index (κ2) is 5.59. The molecule has 0 heterocycles. The van der Waals surface area contributed by atoms with Crippen molar-refractivity contribution in [1.82, 2.24) is 4.90 Å². The van der Waals surface area contributed by atoms with Crippen LogP contribution in [0.2, 0.25) is 0 Å². The van der Waals surface area contributed by atoms with E-state index in [0.29, 0.717) is 0 Å². The van der Waals surface area contributed by atoms with Crippen LogP contribution < -0.4 is 15.2 Å². The van der Waals surface area contributed by atoms with Gasteiger partial charge in [0.25, 0.3) is 0 Å². The number of hydrogen-bond donors (Lipinski definition) is 1. The molecular formula is C14H24N2O2. The van der Waals surface area contributed by atoms with Gasteiger partial charge in [-0.3, -0.25) is 0 Å². The Morgan fingerprint density at radius 2 is 1.78 bits per heavy atom. The van der Waals surface area contributed by atoms with E-state index in [1.807, 2.05) is 32.3 Å². The van der Waals surface area contributed by atoms with Crippen LogP contribution >= 0.6 is 0 Å². The highest BCUT2D eigenvalue weighted by atomic mass is 16.5. The van der Waals surface area contributed by atoms with Crippen LogP contribution in [0.4, 0.5) is 0 Å². The van der Waals surface area contributed by atoms with E-state index in [9.17, 15) is 0 Å². The van der Waals surface area contributed by atoms with E-state index < -0.39 is 0 Å². The Bertz CT molecular complexity index is 403. The monoisotopic (exact) mass is 252 g/mol. The van der Waals surface area contributed by atoms with E-state index in [1.165, 1.54) is 0 Å². The summed E-state index contributed by atoms with van der Waals surface area (Å²) in [6.45, 7) is 4.22. The molecule has 1 unspecified atom stereocenters. The van der Waals surface area contributed by atoms with Crippen molar-refractivity contribution in [3.63, 3.8) is 0 Å². The van der Waals surface area contributed by atoms with Crippen molar-refractivity contribution in [2.45, 2.75) is 25.4 Å². The third-order valence-corrected chi connectivity index (χ3v) is 3.69. The number of nitrogens with zero attached hydrogens (tertiary/aromatic N) is 1. The summed E-state index contributed by atoms with van der Waals surface area (Å²) < 4.78 is 10.6. The smallest absolute Gasteiger partial charge is 0.123 e. The van der Waals surface area contributed by atoms with Crippen LogP contribution in [0.1, 0.15) is 25.5 Å². The molecule has 0 aromatic heterocycles. The lowest BCUT2D eigenvalue weighted by Gasteiger charge is -2.38. The van der Waals surface area contributed by atoms with Crippen LogP contribution in [0.15, 0.2) is 18.2 Å². The van der Waals surface area contributed by atoms with E-state index in [1.54, 1.807) is 14.2 Å². The SMILES string of the molecule is COc1ccc(OC)c(C(N)C(C)(C)N(C)C)c1. The first-order valence-corrected chi connectivity index (χ1v) is 5.99. The Hall–Kier alpha value is -1.26. The Morgan fingerprint density at radius 3 is 2.22 bits per heavy atom.